The van der Waals surface area contributed by atoms with Crippen LogP contribution in [-0.2, 0) is 15.9 Å². The first-order valence-corrected chi connectivity index (χ1v) is 10.7. The van der Waals surface area contributed by atoms with Gasteiger partial charge in [-0.15, -0.1) is 5.10 Å². The van der Waals surface area contributed by atoms with Gasteiger partial charge in [0.1, 0.15) is 5.75 Å². The van der Waals surface area contributed by atoms with E-state index in [1.807, 2.05) is 23.7 Å². The van der Waals surface area contributed by atoms with Gasteiger partial charge in [0.25, 0.3) is 0 Å². The van der Waals surface area contributed by atoms with Crippen molar-refractivity contribution in [3.8, 4) is 5.75 Å². The fraction of sp³-hybridized carbons (Fsp3) is 0.476. The Morgan fingerprint density at radius 2 is 2.00 bits per heavy atom. The molecular weight excluding hydrogens is 450 g/mol. The third-order valence-corrected chi connectivity index (χ3v) is 5.86. The number of methoxy groups -OCH3 is 3. The molecule has 0 saturated carbocycles. The molecule has 0 N–H and O–H groups in total. The molecule has 1 atom stereocenters. The van der Waals surface area contributed by atoms with Gasteiger partial charge in [0.15, 0.2) is 11.3 Å². The van der Waals surface area contributed by atoms with E-state index in [1.165, 1.54) is 5.56 Å². The van der Waals surface area contributed by atoms with Gasteiger partial charge in [-0.1, -0.05) is 21.1 Å². The number of benzene rings is 1. The minimum Gasteiger partial charge on any atom is -0.495 e. The molecular formula is C21H26BrN5O3. The number of ether oxygens (including phenoxy) is 3. The Bertz CT molecular complexity index is 1050. The van der Waals surface area contributed by atoms with Crippen LogP contribution >= 0.6 is 15.9 Å². The van der Waals surface area contributed by atoms with Crippen LogP contribution in [0.4, 0.5) is 11.5 Å². The predicted molar refractivity (Wildman–Crippen MR) is 119 cm³/mol. The zero-order valence-electron chi connectivity index (χ0n) is 17.7. The van der Waals surface area contributed by atoms with Crippen molar-refractivity contribution >= 4 is 38.5 Å². The molecule has 3 aromatic rings. The van der Waals surface area contributed by atoms with Gasteiger partial charge in [-0.2, -0.15) is 0 Å². The first-order chi connectivity index (χ1) is 14.6. The Labute approximate surface area is 184 Å². The molecule has 8 nitrogen and oxygen atoms in total. The molecule has 0 fully saturated rings. The van der Waals surface area contributed by atoms with Crippen molar-refractivity contribution in [1.29, 1.82) is 0 Å². The normalized spacial score (nSPS) is 14.4. The van der Waals surface area contributed by atoms with Crippen molar-refractivity contribution < 1.29 is 14.2 Å². The molecule has 4 rings (SSSR count). The number of hydrogen-bond acceptors (Lipinski definition) is 7. The highest BCUT2D eigenvalue weighted by atomic mass is 79.9. The Morgan fingerprint density at radius 3 is 2.73 bits per heavy atom. The molecule has 0 aliphatic carbocycles. The Hall–Kier alpha value is -2.23. The summed E-state index contributed by atoms with van der Waals surface area (Å²) in [5.41, 5.74) is 4.90. The Kier molecular flexibility index (Phi) is 6.21. The average molecular weight is 476 g/mol. The smallest absolute Gasteiger partial charge is 0.163 e. The van der Waals surface area contributed by atoms with Crippen molar-refractivity contribution in [3.05, 3.63) is 33.9 Å². The Morgan fingerprint density at radius 1 is 1.17 bits per heavy atom. The molecule has 3 heterocycles. The van der Waals surface area contributed by atoms with E-state index in [0.717, 1.165) is 57.8 Å². The van der Waals surface area contributed by atoms with E-state index in [0.29, 0.717) is 13.2 Å². The number of rotatable bonds is 8. The van der Waals surface area contributed by atoms with Gasteiger partial charge in [0, 0.05) is 37.5 Å². The molecule has 160 valence electrons. The number of fused-ring (bicyclic) bond motifs is 2. The highest BCUT2D eigenvalue weighted by molar-refractivity contribution is 9.10. The van der Waals surface area contributed by atoms with Crippen molar-refractivity contribution in [2.24, 2.45) is 0 Å². The molecule has 0 radical (unpaired) electrons. The zero-order valence-corrected chi connectivity index (χ0v) is 19.3. The van der Waals surface area contributed by atoms with E-state index in [4.69, 9.17) is 19.2 Å². The van der Waals surface area contributed by atoms with Crippen molar-refractivity contribution in [2.75, 3.05) is 46.0 Å². The largest absolute Gasteiger partial charge is 0.495 e. The lowest BCUT2D eigenvalue weighted by atomic mass is 10.1. The van der Waals surface area contributed by atoms with Crippen molar-refractivity contribution in [3.63, 3.8) is 0 Å². The van der Waals surface area contributed by atoms with Crippen LogP contribution in [0.5, 0.6) is 5.75 Å². The maximum absolute atomic E-state index is 5.68. The van der Waals surface area contributed by atoms with Crippen LogP contribution in [0.3, 0.4) is 0 Å². The summed E-state index contributed by atoms with van der Waals surface area (Å²) in [6, 6.07) is 6.19. The fourth-order valence-corrected chi connectivity index (χ4v) is 4.55. The standard InChI is InChI=1S/C21H26BrN5O3/c1-13-9-17-19(24-25-27(17)16(12-29-3)6-8-28-2)21(23-13)26-7-5-14-10-15(22)11-18(30-4)20(14)26/h9-11,16H,5-8,12H2,1-4H3. The molecule has 9 heteroatoms. The Balaban J connectivity index is 1.82. The lowest BCUT2D eigenvalue weighted by molar-refractivity contribution is 0.117. The van der Waals surface area contributed by atoms with E-state index in [2.05, 4.69) is 37.2 Å². The molecule has 1 unspecified atom stereocenters. The summed E-state index contributed by atoms with van der Waals surface area (Å²) < 4.78 is 19.3. The minimum absolute atomic E-state index is 0.0333. The van der Waals surface area contributed by atoms with E-state index in [9.17, 15) is 0 Å². The summed E-state index contributed by atoms with van der Waals surface area (Å²) >= 11 is 3.58. The second-order valence-corrected chi connectivity index (χ2v) is 8.31. The third-order valence-electron chi connectivity index (χ3n) is 5.40. The molecule has 30 heavy (non-hydrogen) atoms. The summed E-state index contributed by atoms with van der Waals surface area (Å²) in [6.45, 7) is 3.97. The number of halogens is 1. The highest BCUT2D eigenvalue weighted by Crippen LogP contribution is 2.44. The topological polar surface area (TPSA) is 74.5 Å². The summed E-state index contributed by atoms with van der Waals surface area (Å²) in [6.07, 6.45) is 1.70. The van der Waals surface area contributed by atoms with E-state index >= 15 is 0 Å². The van der Waals surface area contributed by atoms with Crippen LogP contribution in [0.1, 0.15) is 23.7 Å². The van der Waals surface area contributed by atoms with Crippen molar-refractivity contribution in [2.45, 2.75) is 25.8 Å². The molecule has 0 spiro atoms. The lowest BCUT2D eigenvalue weighted by Crippen LogP contribution is -2.19. The van der Waals surface area contributed by atoms with Gasteiger partial charge in [-0.25, -0.2) is 9.67 Å². The SMILES string of the molecule is COCCC(COC)n1nnc2c(N3CCc4cc(Br)cc(OC)c43)nc(C)cc21. The maximum atomic E-state index is 5.68. The van der Waals surface area contributed by atoms with Gasteiger partial charge < -0.3 is 19.1 Å². The monoisotopic (exact) mass is 475 g/mol. The van der Waals surface area contributed by atoms with Gasteiger partial charge >= 0.3 is 0 Å². The maximum Gasteiger partial charge on any atom is 0.163 e. The van der Waals surface area contributed by atoms with Crippen LogP contribution in [0.15, 0.2) is 22.7 Å². The number of pyridine rings is 1. The van der Waals surface area contributed by atoms with Gasteiger partial charge in [-0.05, 0) is 43.5 Å². The second-order valence-electron chi connectivity index (χ2n) is 7.40. The number of anilines is 2. The number of hydrogen-bond donors (Lipinski definition) is 0. The predicted octanol–water partition coefficient (Wildman–Crippen LogP) is 3.82. The lowest BCUT2D eigenvalue weighted by Gasteiger charge is -2.22. The zero-order chi connectivity index (χ0) is 21.3. The summed E-state index contributed by atoms with van der Waals surface area (Å²) in [4.78, 5) is 7.04. The van der Waals surface area contributed by atoms with Crippen molar-refractivity contribution in [1.82, 2.24) is 20.0 Å². The van der Waals surface area contributed by atoms with Crippen LogP contribution in [0.2, 0.25) is 0 Å². The van der Waals surface area contributed by atoms with Gasteiger partial charge in [0.2, 0.25) is 0 Å². The first kappa shape index (κ1) is 21.0. The fourth-order valence-electron chi connectivity index (χ4n) is 4.06. The number of aryl methyl sites for hydroxylation is 1. The van der Waals surface area contributed by atoms with Crippen LogP contribution in [-0.4, -0.2) is 61.1 Å². The molecule has 1 aliphatic rings. The van der Waals surface area contributed by atoms with Gasteiger partial charge in [-0.3, -0.25) is 0 Å². The van der Waals surface area contributed by atoms with Gasteiger partial charge in [0.05, 0.1) is 31.0 Å². The van der Waals surface area contributed by atoms with E-state index in [1.54, 1.807) is 21.3 Å². The van der Waals surface area contributed by atoms with E-state index in [-0.39, 0.29) is 6.04 Å². The average Bonchev–Trinajstić information content (AvgIpc) is 3.34. The molecule has 0 bridgehead atoms. The number of nitrogens with zero attached hydrogens (tertiary/aromatic N) is 5. The quantitative estimate of drug-likeness (QED) is 0.489. The third kappa shape index (κ3) is 3.77. The summed E-state index contributed by atoms with van der Waals surface area (Å²) in [7, 11) is 5.09. The summed E-state index contributed by atoms with van der Waals surface area (Å²) in [5, 5.41) is 9.00. The highest BCUT2D eigenvalue weighted by Gasteiger charge is 2.29. The molecule has 0 saturated heterocycles. The molecule has 1 aromatic carbocycles. The summed E-state index contributed by atoms with van der Waals surface area (Å²) in [5.74, 6) is 1.62. The molecule has 1 aliphatic heterocycles. The number of aromatic nitrogens is 4. The molecule has 2 aromatic heterocycles. The van der Waals surface area contributed by atoms with Crippen LogP contribution in [0, 0.1) is 6.92 Å². The first-order valence-electron chi connectivity index (χ1n) is 9.91. The minimum atomic E-state index is 0.0333. The van der Waals surface area contributed by atoms with Crippen LogP contribution in [0.25, 0.3) is 11.0 Å². The van der Waals surface area contributed by atoms with E-state index < -0.39 is 0 Å². The second kappa shape index (κ2) is 8.87. The molecule has 0 amide bonds. The van der Waals surface area contributed by atoms with Crippen LogP contribution < -0.4 is 9.64 Å².